The molecule has 2 rings (SSSR count). The molecule has 2 aliphatic heterocycles. The molecule has 0 aromatic heterocycles. The van der Waals surface area contributed by atoms with Gasteiger partial charge in [0.1, 0.15) is 6.10 Å². The fourth-order valence-electron chi connectivity index (χ4n) is 6.37. The van der Waals surface area contributed by atoms with E-state index in [1.807, 2.05) is 13.0 Å². The Kier molecular flexibility index (Phi) is 20.0. The van der Waals surface area contributed by atoms with E-state index in [1.165, 1.54) is 109 Å². The van der Waals surface area contributed by atoms with Crippen molar-refractivity contribution >= 4 is 5.97 Å². The van der Waals surface area contributed by atoms with Gasteiger partial charge in [0, 0.05) is 5.57 Å². The lowest BCUT2D eigenvalue weighted by Gasteiger charge is -2.22. The standard InChI is InChI=1S/C35H64O5/c1-3-4-5-6-7-8-12-15-18-21-24-31(36)33-26-27-34(40-33)32(37)25-22-19-16-13-10-9-11-14-17-20-23-30-28-29(2)39-35(30)38/h28-29,31-34,36-37H,3-27H2,1-2H3/t29-,31-,32-,33-,34-/m0/s1/i36+2. The van der Waals surface area contributed by atoms with Crippen molar-refractivity contribution in [1.82, 2.24) is 0 Å². The molecular weight excluding hydrogens is 502 g/mol. The largest absolute Gasteiger partial charge is 0.455 e. The van der Waals surface area contributed by atoms with Crippen molar-refractivity contribution in [3.8, 4) is 0 Å². The summed E-state index contributed by atoms with van der Waals surface area (Å²) in [7, 11) is 0. The summed E-state index contributed by atoms with van der Waals surface area (Å²) >= 11 is 0. The Hall–Kier alpha value is -0.910. The number of carbonyl (C=O) groups excluding carboxylic acids is 1. The molecule has 0 radical (unpaired) electrons. The van der Waals surface area contributed by atoms with Crippen LogP contribution in [0, 0.1) is 0 Å². The van der Waals surface area contributed by atoms with Crippen molar-refractivity contribution in [2.75, 3.05) is 0 Å². The van der Waals surface area contributed by atoms with E-state index in [4.69, 9.17) is 9.47 Å². The molecule has 0 bridgehead atoms. The molecule has 0 amide bonds. The normalized spacial score (nSPS) is 22.4. The van der Waals surface area contributed by atoms with Crippen LogP contribution in [0.4, 0.5) is 0 Å². The van der Waals surface area contributed by atoms with Gasteiger partial charge in [0.05, 0.1) is 24.4 Å². The Balaban J connectivity index is 1.35. The van der Waals surface area contributed by atoms with Gasteiger partial charge in [0.25, 0.3) is 0 Å². The van der Waals surface area contributed by atoms with Gasteiger partial charge < -0.3 is 19.7 Å². The van der Waals surface area contributed by atoms with Crippen LogP contribution in [0.5, 0.6) is 0 Å². The summed E-state index contributed by atoms with van der Waals surface area (Å²) in [5, 5.41) is 21.2. The van der Waals surface area contributed by atoms with E-state index in [0.717, 1.165) is 56.9 Å². The highest BCUT2D eigenvalue weighted by Gasteiger charge is 2.34. The smallest absolute Gasteiger partial charge is 0.334 e. The Labute approximate surface area is 246 Å². The van der Waals surface area contributed by atoms with Crippen molar-refractivity contribution in [1.29, 1.82) is 0 Å². The first-order valence-corrected chi connectivity index (χ1v) is 17.4. The average Bonchev–Trinajstić information content (AvgIpc) is 3.56. The maximum Gasteiger partial charge on any atom is 0.334 e. The minimum atomic E-state index is -0.389. The number of esters is 1. The summed E-state index contributed by atoms with van der Waals surface area (Å²) < 4.78 is 11.2. The molecule has 2 N–H and O–H groups in total. The fraction of sp³-hybridized carbons (Fsp3) is 0.914. The zero-order valence-corrected chi connectivity index (χ0v) is 26.3. The van der Waals surface area contributed by atoms with Gasteiger partial charge in [-0.15, -0.1) is 0 Å². The van der Waals surface area contributed by atoms with Gasteiger partial charge in [-0.3, -0.25) is 0 Å². The third-order valence-electron chi connectivity index (χ3n) is 8.98. The van der Waals surface area contributed by atoms with E-state index < -0.39 is 0 Å². The molecule has 0 aliphatic carbocycles. The molecule has 5 nitrogen and oxygen atoms in total. The zero-order valence-electron chi connectivity index (χ0n) is 26.3. The number of ether oxygens (including phenoxy) is 2. The fourth-order valence-corrected chi connectivity index (χ4v) is 6.37. The SMILES string of the molecule is CCCCCCCCCCCC[C@H]([18OH])[C@@H]1CC[C@@H]([C@@H](O)CCCCCCCCCCCCC2=C[C@H](C)OC2=O)O1. The molecule has 0 aromatic carbocycles. The third kappa shape index (κ3) is 15.9. The number of rotatable bonds is 26. The van der Waals surface area contributed by atoms with E-state index >= 15 is 0 Å². The molecule has 1 fully saturated rings. The van der Waals surface area contributed by atoms with Crippen LogP contribution in [0.25, 0.3) is 0 Å². The Bertz CT molecular complexity index is 662. The quantitative estimate of drug-likeness (QED) is 0.0620. The second kappa shape index (κ2) is 22.7. The van der Waals surface area contributed by atoms with Crippen molar-refractivity contribution < 1.29 is 24.5 Å². The van der Waals surface area contributed by atoms with Crippen LogP contribution in [0.2, 0.25) is 0 Å². The lowest BCUT2D eigenvalue weighted by atomic mass is 10.00. The van der Waals surface area contributed by atoms with Gasteiger partial charge in [0.2, 0.25) is 0 Å². The zero-order chi connectivity index (χ0) is 28.8. The highest BCUT2D eigenvalue weighted by atomic mass is 18.2. The molecule has 40 heavy (non-hydrogen) atoms. The summed E-state index contributed by atoms with van der Waals surface area (Å²) in [5.74, 6) is -0.117. The van der Waals surface area contributed by atoms with E-state index in [2.05, 4.69) is 6.92 Å². The van der Waals surface area contributed by atoms with Crippen LogP contribution < -0.4 is 0 Å². The molecule has 0 spiro atoms. The van der Waals surface area contributed by atoms with E-state index in [9.17, 15) is 15.0 Å². The summed E-state index contributed by atoms with van der Waals surface area (Å²) in [5.41, 5.74) is 0.870. The molecular formula is C35H64O5. The molecule has 0 aromatic rings. The number of hydrogen-bond acceptors (Lipinski definition) is 5. The second-order valence-corrected chi connectivity index (χ2v) is 12.8. The number of aliphatic hydroxyl groups is 2. The maximum atomic E-state index is 11.6. The van der Waals surface area contributed by atoms with Gasteiger partial charge >= 0.3 is 5.97 Å². The van der Waals surface area contributed by atoms with Crippen LogP contribution >= 0.6 is 0 Å². The van der Waals surface area contributed by atoms with Crippen LogP contribution in [-0.2, 0) is 14.3 Å². The predicted molar refractivity (Wildman–Crippen MR) is 165 cm³/mol. The van der Waals surface area contributed by atoms with Gasteiger partial charge in [-0.2, -0.15) is 0 Å². The van der Waals surface area contributed by atoms with Crippen LogP contribution in [-0.4, -0.2) is 46.7 Å². The lowest BCUT2D eigenvalue weighted by molar-refractivity contribution is -0.139. The Morgan fingerprint density at radius 3 is 1.75 bits per heavy atom. The Morgan fingerprint density at radius 1 is 0.750 bits per heavy atom. The van der Waals surface area contributed by atoms with E-state index in [-0.39, 0.29) is 36.5 Å². The van der Waals surface area contributed by atoms with Gasteiger partial charge in [-0.1, -0.05) is 129 Å². The number of unbranched alkanes of at least 4 members (excludes halogenated alkanes) is 18. The number of hydrogen-bond donors (Lipinski definition) is 2. The van der Waals surface area contributed by atoms with Crippen molar-refractivity contribution in [3.63, 3.8) is 0 Å². The van der Waals surface area contributed by atoms with Gasteiger partial charge in [-0.25, -0.2) is 4.79 Å². The number of cyclic esters (lactones) is 1. The number of aliphatic hydroxyl groups excluding tert-OH is 2. The minimum absolute atomic E-state index is 0.0443. The first-order chi connectivity index (χ1) is 19.5. The summed E-state index contributed by atoms with van der Waals surface area (Å²) in [4.78, 5) is 11.6. The minimum Gasteiger partial charge on any atom is -0.455 e. The molecule has 2 heterocycles. The average molecular weight is 567 g/mol. The van der Waals surface area contributed by atoms with Crippen LogP contribution in [0.15, 0.2) is 11.6 Å². The molecule has 0 saturated carbocycles. The van der Waals surface area contributed by atoms with Gasteiger partial charge in [-0.05, 0) is 51.5 Å². The number of carbonyl (C=O) groups is 1. The first-order valence-electron chi connectivity index (χ1n) is 17.4. The maximum absolute atomic E-state index is 11.6. The van der Waals surface area contributed by atoms with Crippen molar-refractivity contribution in [2.24, 2.45) is 0 Å². The Morgan fingerprint density at radius 2 is 1.23 bits per heavy atom. The third-order valence-corrected chi connectivity index (χ3v) is 8.98. The molecule has 1 saturated heterocycles. The summed E-state index contributed by atoms with van der Waals surface area (Å²) in [6.07, 6.45) is 30.5. The van der Waals surface area contributed by atoms with Gasteiger partial charge in [0.15, 0.2) is 0 Å². The highest BCUT2D eigenvalue weighted by Crippen LogP contribution is 2.28. The van der Waals surface area contributed by atoms with Crippen LogP contribution in [0.1, 0.15) is 174 Å². The molecule has 2 aliphatic rings. The molecule has 5 atom stereocenters. The van der Waals surface area contributed by atoms with E-state index in [1.54, 1.807) is 0 Å². The topological polar surface area (TPSA) is 76.0 Å². The van der Waals surface area contributed by atoms with E-state index in [0.29, 0.717) is 0 Å². The predicted octanol–water partition coefficient (Wildman–Crippen LogP) is 9.12. The summed E-state index contributed by atoms with van der Waals surface area (Å²) in [6.45, 7) is 4.18. The monoisotopic (exact) mass is 566 g/mol. The first kappa shape index (κ1) is 35.3. The summed E-state index contributed by atoms with van der Waals surface area (Å²) in [6, 6.07) is 0. The molecule has 0 unspecified atom stereocenters. The molecule has 234 valence electrons. The van der Waals surface area contributed by atoms with Crippen molar-refractivity contribution in [3.05, 3.63) is 11.6 Å². The highest BCUT2D eigenvalue weighted by molar-refractivity contribution is 5.90. The van der Waals surface area contributed by atoms with Crippen LogP contribution in [0.3, 0.4) is 0 Å². The lowest BCUT2D eigenvalue weighted by Crippen LogP contribution is -2.31. The second-order valence-electron chi connectivity index (χ2n) is 12.8. The molecule has 5 heteroatoms. The van der Waals surface area contributed by atoms with Crippen molar-refractivity contribution in [2.45, 2.75) is 205 Å².